The van der Waals surface area contributed by atoms with E-state index in [1.54, 1.807) is 20.8 Å². The lowest BCUT2D eigenvalue weighted by molar-refractivity contribution is 0.0636. The molecule has 0 saturated heterocycles. The Labute approximate surface area is 91.6 Å². The van der Waals surface area contributed by atoms with Gasteiger partial charge in [-0.05, 0) is 20.8 Å². The second-order valence-electron chi connectivity index (χ2n) is 4.12. The summed E-state index contributed by atoms with van der Waals surface area (Å²) < 4.78 is 30.1. The topological polar surface area (TPSA) is 51.2 Å². The highest BCUT2D eigenvalue weighted by molar-refractivity contribution is 5.84. The zero-order valence-corrected chi connectivity index (χ0v) is 9.17. The number of anilines is 1. The number of aromatic nitrogens is 1. The van der Waals surface area contributed by atoms with Crippen molar-refractivity contribution in [2.24, 2.45) is 0 Å². The molecule has 0 fully saturated rings. The van der Waals surface area contributed by atoms with Gasteiger partial charge in [0.15, 0.2) is 5.82 Å². The van der Waals surface area contributed by atoms with E-state index in [0.29, 0.717) is 0 Å². The fraction of sp³-hybridized carbons (Fsp3) is 0.400. The zero-order chi connectivity index (χ0) is 12.3. The van der Waals surface area contributed by atoms with Crippen molar-refractivity contribution < 1.29 is 18.3 Å². The molecule has 1 aromatic rings. The minimum absolute atomic E-state index is 0.0353. The van der Waals surface area contributed by atoms with E-state index in [1.165, 1.54) is 0 Å². The van der Waals surface area contributed by atoms with Gasteiger partial charge in [-0.2, -0.15) is 4.39 Å². The third-order valence-electron chi connectivity index (χ3n) is 1.44. The standard InChI is InChI=1S/C10H12F2N2O2/c1-10(2,3)16-9(15)14-6-4-7(11)8(12)13-5-6/h4-5H,1-3H3,(H,14,15). The fourth-order valence-corrected chi connectivity index (χ4v) is 0.911. The van der Waals surface area contributed by atoms with Crippen LogP contribution in [0, 0.1) is 11.8 Å². The maximum atomic E-state index is 12.7. The summed E-state index contributed by atoms with van der Waals surface area (Å²) in [6, 6.07) is 0.826. The molecule has 1 aromatic heterocycles. The quantitative estimate of drug-likeness (QED) is 0.754. The lowest BCUT2D eigenvalue weighted by atomic mass is 10.2. The number of carbonyl (C=O) groups excluding carboxylic acids is 1. The van der Waals surface area contributed by atoms with Gasteiger partial charge in [-0.15, -0.1) is 0 Å². The SMILES string of the molecule is CC(C)(C)OC(=O)Nc1cnc(F)c(F)c1. The van der Waals surface area contributed by atoms with Crippen LogP contribution >= 0.6 is 0 Å². The van der Waals surface area contributed by atoms with E-state index in [4.69, 9.17) is 4.74 Å². The van der Waals surface area contributed by atoms with Crippen LogP contribution in [0.2, 0.25) is 0 Å². The average Bonchev–Trinajstić information content (AvgIpc) is 2.08. The molecule has 0 radical (unpaired) electrons. The summed E-state index contributed by atoms with van der Waals surface area (Å²) >= 11 is 0. The van der Waals surface area contributed by atoms with Crippen LogP contribution in [0.15, 0.2) is 12.3 Å². The molecule has 4 nitrogen and oxygen atoms in total. The molecule has 6 heteroatoms. The molecule has 0 unspecified atom stereocenters. The van der Waals surface area contributed by atoms with Crippen molar-refractivity contribution in [2.75, 3.05) is 5.32 Å². The predicted octanol–water partition coefficient (Wildman–Crippen LogP) is 2.71. The summed E-state index contributed by atoms with van der Waals surface area (Å²) in [5.41, 5.74) is -0.621. The van der Waals surface area contributed by atoms with Crippen LogP contribution in [0.4, 0.5) is 19.3 Å². The number of ether oxygens (including phenoxy) is 1. The van der Waals surface area contributed by atoms with E-state index in [9.17, 15) is 13.6 Å². The molecular formula is C10H12F2N2O2. The maximum absolute atomic E-state index is 12.7. The molecule has 0 aliphatic heterocycles. The molecule has 0 aromatic carbocycles. The van der Waals surface area contributed by atoms with Crippen molar-refractivity contribution in [3.63, 3.8) is 0 Å². The molecule has 0 aliphatic carbocycles. The minimum atomic E-state index is -1.21. The van der Waals surface area contributed by atoms with Crippen molar-refractivity contribution in [3.8, 4) is 0 Å². The molecule has 88 valence electrons. The van der Waals surface area contributed by atoms with Gasteiger partial charge >= 0.3 is 6.09 Å². The summed E-state index contributed by atoms with van der Waals surface area (Å²) in [5.74, 6) is -2.34. The van der Waals surface area contributed by atoms with E-state index < -0.39 is 23.5 Å². The fourth-order valence-electron chi connectivity index (χ4n) is 0.911. The maximum Gasteiger partial charge on any atom is 0.412 e. The third kappa shape index (κ3) is 3.80. The molecule has 0 atom stereocenters. The summed E-state index contributed by atoms with van der Waals surface area (Å²) in [6.07, 6.45) is 0.253. The van der Waals surface area contributed by atoms with E-state index in [0.717, 1.165) is 12.3 Å². The van der Waals surface area contributed by atoms with Crippen molar-refractivity contribution in [1.29, 1.82) is 0 Å². The van der Waals surface area contributed by atoms with E-state index in [-0.39, 0.29) is 5.69 Å². The van der Waals surface area contributed by atoms with Crippen LogP contribution in [0.5, 0.6) is 0 Å². The number of rotatable bonds is 1. The summed E-state index contributed by atoms with van der Waals surface area (Å²) in [6.45, 7) is 5.07. The smallest absolute Gasteiger partial charge is 0.412 e. The molecule has 1 rings (SSSR count). The number of nitrogens with one attached hydrogen (secondary N) is 1. The van der Waals surface area contributed by atoms with Crippen LogP contribution in [0.3, 0.4) is 0 Å². The van der Waals surface area contributed by atoms with Crippen molar-refractivity contribution >= 4 is 11.8 Å². The minimum Gasteiger partial charge on any atom is -0.444 e. The van der Waals surface area contributed by atoms with Gasteiger partial charge in [-0.3, -0.25) is 5.32 Å². The summed E-state index contributed by atoms with van der Waals surface area (Å²) in [7, 11) is 0. The first-order valence-corrected chi connectivity index (χ1v) is 4.59. The van der Waals surface area contributed by atoms with Gasteiger partial charge in [0.1, 0.15) is 5.60 Å². The molecule has 0 bridgehead atoms. The number of amides is 1. The molecule has 1 heterocycles. The highest BCUT2D eigenvalue weighted by atomic mass is 19.2. The Morgan fingerprint density at radius 3 is 2.56 bits per heavy atom. The van der Waals surface area contributed by atoms with Crippen LogP contribution in [0.1, 0.15) is 20.8 Å². The molecular weight excluding hydrogens is 218 g/mol. The summed E-state index contributed by atoms with van der Waals surface area (Å²) in [4.78, 5) is 14.4. The number of hydrogen-bond acceptors (Lipinski definition) is 3. The van der Waals surface area contributed by atoms with Crippen LogP contribution in [0.25, 0.3) is 0 Å². The Morgan fingerprint density at radius 2 is 2.06 bits per heavy atom. The van der Waals surface area contributed by atoms with Gasteiger partial charge in [0.2, 0.25) is 5.95 Å². The Morgan fingerprint density at radius 1 is 1.44 bits per heavy atom. The first kappa shape index (κ1) is 12.4. The molecule has 1 amide bonds. The number of nitrogens with zero attached hydrogens (tertiary/aromatic N) is 1. The molecule has 0 spiro atoms. The monoisotopic (exact) mass is 230 g/mol. The number of pyridine rings is 1. The number of hydrogen-bond donors (Lipinski definition) is 1. The van der Waals surface area contributed by atoms with Gasteiger partial charge in [-0.1, -0.05) is 0 Å². The van der Waals surface area contributed by atoms with Gasteiger partial charge in [0.05, 0.1) is 11.9 Å². The van der Waals surface area contributed by atoms with Gasteiger partial charge in [0.25, 0.3) is 0 Å². The molecule has 0 aliphatic rings. The van der Waals surface area contributed by atoms with E-state index >= 15 is 0 Å². The first-order chi connectivity index (χ1) is 7.28. The second-order valence-corrected chi connectivity index (χ2v) is 4.12. The zero-order valence-electron chi connectivity index (χ0n) is 9.17. The Bertz CT molecular complexity index is 402. The largest absolute Gasteiger partial charge is 0.444 e. The normalized spacial score (nSPS) is 11.1. The Hall–Kier alpha value is -1.72. The van der Waals surface area contributed by atoms with Crippen LogP contribution in [-0.2, 0) is 4.74 Å². The molecule has 16 heavy (non-hydrogen) atoms. The van der Waals surface area contributed by atoms with Gasteiger partial charge in [0, 0.05) is 6.07 Å². The van der Waals surface area contributed by atoms with Crippen molar-refractivity contribution in [3.05, 3.63) is 24.0 Å². The second kappa shape index (κ2) is 4.42. The van der Waals surface area contributed by atoms with Crippen molar-refractivity contribution in [2.45, 2.75) is 26.4 Å². The highest BCUT2D eigenvalue weighted by Gasteiger charge is 2.16. The average molecular weight is 230 g/mol. The van der Waals surface area contributed by atoms with Crippen LogP contribution < -0.4 is 5.32 Å². The lowest BCUT2D eigenvalue weighted by Gasteiger charge is -2.19. The van der Waals surface area contributed by atoms with E-state index in [2.05, 4.69) is 10.3 Å². The third-order valence-corrected chi connectivity index (χ3v) is 1.44. The van der Waals surface area contributed by atoms with Crippen molar-refractivity contribution in [1.82, 2.24) is 4.98 Å². The predicted molar refractivity (Wildman–Crippen MR) is 54.0 cm³/mol. The molecule has 0 saturated carbocycles. The van der Waals surface area contributed by atoms with E-state index in [1.807, 2.05) is 0 Å². The Balaban J connectivity index is 2.67. The van der Waals surface area contributed by atoms with Gasteiger partial charge in [-0.25, -0.2) is 14.2 Å². The highest BCUT2D eigenvalue weighted by Crippen LogP contribution is 2.13. The first-order valence-electron chi connectivity index (χ1n) is 4.59. The lowest BCUT2D eigenvalue weighted by Crippen LogP contribution is -2.27. The molecule has 1 N–H and O–H groups in total. The van der Waals surface area contributed by atoms with Gasteiger partial charge < -0.3 is 4.74 Å². The Kier molecular flexibility index (Phi) is 3.41. The van der Waals surface area contributed by atoms with Crippen LogP contribution in [-0.4, -0.2) is 16.7 Å². The summed E-state index contributed by atoms with van der Waals surface area (Å²) in [5, 5.41) is 2.24. The number of carbonyl (C=O) groups is 1. The number of halogens is 2.